The van der Waals surface area contributed by atoms with Crippen LogP contribution in [0.5, 0.6) is 5.75 Å². The van der Waals surface area contributed by atoms with Gasteiger partial charge in [0.25, 0.3) is 0 Å². The highest BCUT2D eigenvalue weighted by molar-refractivity contribution is 7.20. The fraction of sp³-hybridized carbons (Fsp3) is 0.167. The number of nitrogens with one attached hydrogen (secondary N) is 2. The molecule has 0 spiro atoms. The first-order chi connectivity index (χ1) is 15.6. The van der Waals surface area contributed by atoms with Gasteiger partial charge in [0.1, 0.15) is 17.8 Å². The summed E-state index contributed by atoms with van der Waals surface area (Å²) in [6.07, 6.45) is 5.67. The molecule has 0 amide bonds. The summed E-state index contributed by atoms with van der Waals surface area (Å²) in [5.74, 6) is 0.697. The van der Waals surface area contributed by atoms with Crippen LogP contribution in [0.2, 0.25) is 0 Å². The van der Waals surface area contributed by atoms with Crippen molar-refractivity contribution in [2.24, 2.45) is 5.73 Å². The standard InChI is InChI=1S/C24H24N6OS/c1-2-3-9-17(25)21-14-19-24(32-21)20(12-13-28-19)31-15-23(27)30-22(26)11-10-18(29-30)16-7-5-4-6-8-16/h4-14,26-27H,2-3,15,25H2,1H3. The molecule has 3 heterocycles. The van der Waals surface area contributed by atoms with E-state index < -0.39 is 0 Å². The van der Waals surface area contributed by atoms with Crippen LogP contribution in [0.4, 0.5) is 0 Å². The maximum Gasteiger partial charge on any atom is 0.162 e. The molecule has 0 saturated heterocycles. The van der Waals surface area contributed by atoms with Crippen molar-refractivity contribution in [3.8, 4) is 17.0 Å². The first kappa shape index (κ1) is 21.5. The molecule has 0 atom stereocenters. The Kier molecular flexibility index (Phi) is 6.42. The molecule has 162 valence electrons. The molecular formula is C24H24N6OS. The van der Waals surface area contributed by atoms with E-state index in [0.717, 1.165) is 39.2 Å². The lowest BCUT2D eigenvalue weighted by atomic mass is 10.1. The number of fused-ring (bicyclic) bond motifs is 1. The molecule has 0 aliphatic heterocycles. The van der Waals surface area contributed by atoms with Crippen molar-refractivity contribution in [1.82, 2.24) is 14.8 Å². The van der Waals surface area contributed by atoms with E-state index in [4.69, 9.17) is 21.3 Å². The molecular weight excluding hydrogens is 420 g/mol. The number of hydrogen-bond donors (Lipinski definition) is 3. The van der Waals surface area contributed by atoms with Gasteiger partial charge in [0, 0.05) is 23.5 Å². The lowest BCUT2D eigenvalue weighted by Gasteiger charge is -2.11. The summed E-state index contributed by atoms with van der Waals surface area (Å²) in [4.78, 5) is 5.37. The fourth-order valence-corrected chi connectivity index (χ4v) is 4.21. The molecule has 0 radical (unpaired) electrons. The molecule has 0 bridgehead atoms. The van der Waals surface area contributed by atoms with E-state index in [1.54, 1.807) is 24.4 Å². The van der Waals surface area contributed by atoms with Gasteiger partial charge in [-0.05, 0) is 24.6 Å². The molecule has 4 aromatic rings. The van der Waals surface area contributed by atoms with Crippen LogP contribution in [-0.4, -0.2) is 27.2 Å². The summed E-state index contributed by atoms with van der Waals surface area (Å²) in [5.41, 5.74) is 9.48. The molecule has 0 aliphatic rings. The zero-order chi connectivity index (χ0) is 22.5. The molecule has 1 aromatic carbocycles. The van der Waals surface area contributed by atoms with Crippen LogP contribution < -0.4 is 16.0 Å². The molecule has 0 saturated carbocycles. The third-order valence-corrected chi connectivity index (χ3v) is 6.03. The smallest absolute Gasteiger partial charge is 0.162 e. The lowest BCUT2D eigenvalue weighted by Crippen LogP contribution is -2.32. The van der Waals surface area contributed by atoms with E-state index in [-0.39, 0.29) is 17.9 Å². The summed E-state index contributed by atoms with van der Waals surface area (Å²) in [7, 11) is 0. The number of benzene rings is 1. The number of pyridine rings is 1. The highest BCUT2D eigenvalue weighted by atomic mass is 32.1. The number of hydrogen-bond acceptors (Lipinski definition) is 7. The first-order valence-corrected chi connectivity index (χ1v) is 11.1. The zero-order valence-electron chi connectivity index (χ0n) is 17.7. The summed E-state index contributed by atoms with van der Waals surface area (Å²) in [6, 6.07) is 16.8. The fourth-order valence-electron chi connectivity index (χ4n) is 3.17. The molecule has 7 nitrogen and oxygen atoms in total. The molecule has 8 heteroatoms. The molecule has 0 aliphatic carbocycles. The normalized spacial score (nSPS) is 11.6. The van der Waals surface area contributed by atoms with Gasteiger partial charge in [-0.2, -0.15) is 9.78 Å². The Morgan fingerprint density at radius 1 is 1.19 bits per heavy atom. The van der Waals surface area contributed by atoms with E-state index in [1.165, 1.54) is 16.0 Å². The van der Waals surface area contributed by atoms with Gasteiger partial charge < -0.3 is 10.5 Å². The minimum atomic E-state index is -0.0324. The number of ether oxygens (including phenoxy) is 1. The maximum atomic E-state index is 8.45. The Morgan fingerprint density at radius 3 is 2.78 bits per heavy atom. The van der Waals surface area contributed by atoms with Crippen molar-refractivity contribution < 1.29 is 4.74 Å². The van der Waals surface area contributed by atoms with Crippen LogP contribution in [0.1, 0.15) is 24.6 Å². The second kappa shape index (κ2) is 9.57. The minimum absolute atomic E-state index is 0.0324. The van der Waals surface area contributed by atoms with Gasteiger partial charge in [-0.15, -0.1) is 11.3 Å². The predicted molar refractivity (Wildman–Crippen MR) is 129 cm³/mol. The van der Waals surface area contributed by atoms with Crippen LogP contribution in [0.3, 0.4) is 0 Å². The van der Waals surface area contributed by atoms with Crippen LogP contribution in [0.25, 0.3) is 27.2 Å². The number of nitrogens with zero attached hydrogens (tertiary/aromatic N) is 3. The van der Waals surface area contributed by atoms with Gasteiger partial charge in [-0.25, -0.2) is 0 Å². The highest BCUT2D eigenvalue weighted by Crippen LogP contribution is 2.34. The second-order valence-electron chi connectivity index (χ2n) is 7.20. The van der Waals surface area contributed by atoms with Gasteiger partial charge >= 0.3 is 0 Å². The second-order valence-corrected chi connectivity index (χ2v) is 8.25. The summed E-state index contributed by atoms with van der Waals surface area (Å²) in [5, 5.41) is 21.1. The van der Waals surface area contributed by atoms with Gasteiger partial charge in [-0.3, -0.25) is 15.8 Å². The molecule has 0 fully saturated rings. The van der Waals surface area contributed by atoms with E-state index in [2.05, 4.69) is 17.0 Å². The average Bonchev–Trinajstić information content (AvgIpc) is 3.27. The summed E-state index contributed by atoms with van der Waals surface area (Å²) >= 11 is 1.52. The Bertz CT molecular complexity index is 1340. The number of unbranched alkanes of at least 4 members (excludes halogenated alkanes) is 1. The van der Waals surface area contributed by atoms with Crippen LogP contribution >= 0.6 is 11.3 Å². The SMILES string of the molecule is CCCC=C(N)c1cc2nccc(OCC(=N)n3nc(-c4ccccc4)ccc3=N)c2s1. The third-order valence-electron chi connectivity index (χ3n) is 4.84. The Morgan fingerprint density at radius 2 is 2.00 bits per heavy atom. The first-order valence-electron chi connectivity index (χ1n) is 10.3. The molecule has 4 N–H and O–H groups in total. The number of aromatic nitrogens is 3. The van der Waals surface area contributed by atoms with Gasteiger partial charge in [-0.1, -0.05) is 49.8 Å². The van der Waals surface area contributed by atoms with Crippen LogP contribution in [-0.2, 0) is 0 Å². The van der Waals surface area contributed by atoms with Crippen molar-refractivity contribution in [3.05, 3.63) is 77.2 Å². The van der Waals surface area contributed by atoms with Gasteiger partial charge in [0.2, 0.25) is 0 Å². The monoisotopic (exact) mass is 444 g/mol. The predicted octanol–water partition coefficient (Wildman–Crippen LogP) is 4.64. The molecule has 4 rings (SSSR count). The quantitative estimate of drug-likeness (QED) is 0.284. The highest BCUT2D eigenvalue weighted by Gasteiger charge is 2.12. The minimum Gasteiger partial charge on any atom is -0.484 e. The van der Waals surface area contributed by atoms with Gasteiger partial charge in [0.15, 0.2) is 5.84 Å². The van der Waals surface area contributed by atoms with E-state index in [0.29, 0.717) is 11.4 Å². The molecule has 32 heavy (non-hydrogen) atoms. The Balaban J connectivity index is 1.56. The van der Waals surface area contributed by atoms with Crippen LogP contribution in [0.15, 0.2) is 66.9 Å². The van der Waals surface area contributed by atoms with Crippen molar-refractivity contribution in [2.45, 2.75) is 19.8 Å². The number of allylic oxidation sites excluding steroid dienone is 1. The Labute approximate surface area is 189 Å². The lowest BCUT2D eigenvalue weighted by molar-refractivity contribution is 0.374. The molecule has 0 unspecified atom stereocenters. The number of rotatable bonds is 7. The Hall–Kier alpha value is -3.78. The number of thiophene rings is 1. The van der Waals surface area contributed by atoms with Gasteiger partial charge in [0.05, 0.1) is 20.8 Å². The van der Waals surface area contributed by atoms with E-state index in [1.807, 2.05) is 42.5 Å². The molecule has 3 aromatic heterocycles. The van der Waals surface area contributed by atoms with E-state index in [9.17, 15) is 0 Å². The van der Waals surface area contributed by atoms with Crippen molar-refractivity contribution in [3.63, 3.8) is 0 Å². The zero-order valence-corrected chi connectivity index (χ0v) is 18.5. The van der Waals surface area contributed by atoms with Crippen LogP contribution in [0, 0.1) is 10.8 Å². The largest absolute Gasteiger partial charge is 0.484 e. The maximum absolute atomic E-state index is 8.45. The summed E-state index contributed by atoms with van der Waals surface area (Å²) < 4.78 is 8.12. The average molecular weight is 445 g/mol. The van der Waals surface area contributed by atoms with Crippen molar-refractivity contribution >= 4 is 33.1 Å². The van der Waals surface area contributed by atoms with Crippen molar-refractivity contribution in [2.75, 3.05) is 6.61 Å². The number of nitrogens with two attached hydrogens (primary N) is 1. The topological polar surface area (TPSA) is 114 Å². The van der Waals surface area contributed by atoms with E-state index >= 15 is 0 Å². The summed E-state index contributed by atoms with van der Waals surface area (Å²) in [6.45, 7) is 2.08. The third kappa shape index (κ3) is 4.60. The van der Waals surface area contributed by atoms with Crippen molar-refractivity contribution in [1.29, 1.82) is 10.8 Å².